The van der Waals surface area contributed by atoms with Gasteiger partial charge in [0.15, 0.2) is 23.0 Å². The molecule has 2 aromatic carbocycles. The molecular formula is C17H15F3O3. The molecule has 0 aliphatic carbocycles. The molecule has 0 bridgehead atoms. The Labute approximate surface area is 131 Å². The summed E-state index contributed by atoms with van der Waals surface area (Å²) in [7, 11) is 0. The highest BCUT2D eigenvalue weighted by molar-refractivity contribution is 5.55. The molecule has 23 heavy (non-hydrogen) atoms. The van der Waals surface area contributed by atoms with Gasteiger partial charge in [0.25, 0.3) is 0 Å². The van der Waals surface area contributed by atoms with Crippen molar-refractivity contribution in [2.75, 3.05) is 6.61 Å². The summed E-state index contributed by atoms with van der Waals surface area (Å²) in [6, 6.07) is 4.18. The van der Waals surface area contributed by atoms with Crippen molar-refractivity contribution in [1.82, 2.24) is 0 Å². The molecule has 0 spiro atoms. The fraction of sp³-hybridized carbons (Fsp3) is 0.294. The van der Waals surface area contributed by atoms with Crippen LogP contribution in [0.15, 0.2) is 18.2 Å². The molecule has 2 aromatic rings. The van der Waals surface area contributed by atoms with Gasteiger partial charge >= 0.3 is 0 Å². The van der Waals surface area contributed by atoms with Gasteiger partial charge in [0.1, 0.15) is 0 Å². The molecule has 1 aliphatic rings. The third-order valence-corrected chi connectivity index (χ3v) is 3.70. The van der Waals surface area contributed by atoms with Crippen LogP contribution in [-0.2, 0) is 6.42 Å². The molecule has 0 aromatic heterocycles. The van der Waals surface area contributed by atoms with Crippen LogP contribution in [0.5, 0.6) is 23.0 Å². The molecule has 0 saturated carbocycles. The zero-order valence-electron chi connectivity index (χ0n) is 12.5. The first-order chi connectivity index (χ1) is 11.0. The molecule has 1 N–H and O–H groups in total. The van der Waals surface area contributed by atoms with Gasteiger partial charge < -0.3 is 14.6 Å². The first kappa shape index (κ1) is 15.5. The van der Waals surface area contributed by atoms with E-state index >= 15 is 0 Å². The van der Waals surface area contributed by atoms with Gasteiger partial charge in [-0.25, -0.2) is 0 Å². The van der Waals surface area contributed by atoms with Gasteiger partial charge in [-0.1, -0.05) is 19.4 Å². The van der Waals surface area contributed by atoms with E-state index in [1.807, 2.05) is 6.92 Å². The van der Waals surface area contributed by atoms with Crippen molar-refractivity contribution in [3.63, 3.8) is 0 Å². The number of hydrogen-bond donors (Lipinski definition) is 1. The number of rotatable bonds is 4. The lowest BCUT2D eigenvalue weighted by Gasteiger charge is -2.22. The molecule has 1 heterocycles. The molecule has 0 saturated heterocycles. The van der Waals surface area contributed by atoms with Crippen LogP contribution in [0.2, 0.25) is 0 Å². The Hall–Kier alpha value is -2.37. The van der Waals surface area contributed by atoms with Crippen molar-refractivity contribution in [2.45, 2.75) is 26.2 Å². The number of hydrogen-bond acceptors (Lipinski definition) is 3. The average molecular weight is 324 g/mol. The second-order valence-corrected chi connectivity index (χ2v) is 5.36. The van der Waals surface area contributed by atoms with Gasteiger partial charge in [-0.2, -0.15) is 13.2 Å². The highest BCUT2D eigenvalue weighted by Crippen LogP contribution is 2.44. The monoisotopic (exact) mass is 324 g/mol. The van der Waals surface area contributed by atoms with E-state index in [9.17, 15) is 18.3 Å². The fourth-order valence-corrected chi connectivity index (χ4v) is 2.46. The Morgan fingerprint density at radius 3 is 2.57 bits per heavy atom. The minimum absolute atomic E-state index is 0.0142. The molecule has 122 valence electrons. The lowest BCUT2D eigenvalue weighted by atomic mass is 9.99. The maximum absolute atomic E-state index is 14.5. The van der Waals surface area contributed by atoms with Crippen LogP contribution in [0.1, 0.15) is 30.9 Å². The van der Waals surface area contributed by atoms with E-state index in [1.54, 1.807) is 6.07 Å². The fourth-order valence-electron chi connectivity index (χ4n) is 2.46. The van der Waals surface area contributed by atoms with E-state index in [2.05, 4.69) is 0 Å². The SMILES string of the molecule is CCCCOc1ccc2c(c1F)Oc1c(cc(O)c(F)c1F)C2. The van der Waals surface area contributed by atoms with E-state index in [4.69, 9.17) is 9.47 Å². The topological polar surface area (TPSA) is 38.7 Å². The molecule has 1 aliphatic heterocycles. The number of halogens is 3. The molecule has 0 radical (unpaired) electrons. The number of fused-ring (bicyclic) bond motifs is 2. The Morgan fingerprint density at radius 2 is 1.83 bits per heavy atom. The summed E-state index contributed by atoms with van der Waals surface area (Å²) >= 11 is 0. The molecule has 0 unspecified atom stereocenters. The number of phenols is 1. The first-order valence-electron chi connectivity index (χ1n) is 7.34. The summed E-state index contributed by atoms with van der Waals surface area (Å²) in [6.45, 7) is 2.35. The molecule has 0 atom stereocenters. The van der Waals surface area contributed by atoms with Gasteiger partial charge in [0.2, 0.25) is 17.5 Å². The Kier molecular flexibility index (Phi) is 4.07. The first-order valence-corrected chi connectivity index (χ1v) is 7.34. The highest BCUT2D eigenvalue weighted by atomic mass is 19.2. The van der Waals surface area contributed by atoms with E-state index in [-0.39, 0.29) is 23.5 Å². The van der Waals surface area contributed by atoms with E-state index in [0.29, 0.717) is 12.2 Å². The van der Waals surface area contributed by atoms with Gasteiger partial charge in [-0.05, 0) is 18.6 Å². The molecule has 0 amide bonds. The van der Waals surface area contributed by atoms with Crippen molar-refractivity contribution < 1.29 is 27.8 Å². The molecule has 6 heteroatoms. The number of phenolic OH excluding ortho intramolecular Hbond substituents is 1. The van der Waals surface area contributed by atoms with E-state index in [0.717, 1.165) is 18.9 Å². The number of ether oxygens (including phenoxy) is 2. The number of aromatic hydroxyl groups is 1. The standard InChI is InChI=1S/C17H15F3O3/c1-2-3-6-22-12-5-4-9-7-10-8-11(21)13(18)15(20)17(10)23-16(9)14(12)19/h4-5,8,21H,2-3,6-7H2,1H3. The highest BCUT2D eigenvalue weighted by Gasteiger charge is 2.28. The molecule has 3 rings (SSSR count). The summed E-state index contributed by atoms with van der Waals surface area (Å²) in [5, 5.41) is 9.36. The zero-order valence-corrected chi connectivity index (χ0v) is 12.5. The third kappa shape index (κ3) is 2.69. The second-order valence-electron chi connectivity index (χ2n) is 5.36. The van der Waals surface area contributed by atoms with Crippen LogP contribution in [0.3, 0.4) is 0 Å². The zero-order chi connectivity index (χ0) is 16.6. The molecule has 0 fully saturated rings. The normalized spacial score (nSPS) is 12.3. The predicted molar refractivity (Wildman–Crippen MR) is 77.7 cm³/mol. The number of benzene rings is 2. The number of unbranched alkanes of at least 4 members (excludes halogenated alkanes) is 1. The summed E-state index contributed by atoms with van der Waals surface area (Å²) in [5.74, 6) is -4.84. The Balaban J connectivity index is 1.97. The van der Waals surface area contributed by atoms with E-state index in [1.165, 1.54) is 6.07 Å². The molecular weight excluding hydrogens is 309 g/mol. The van der Waals surface area contributed by atoms with Crippen LogP contribution in [0.4, 0.5) is 13.2 Å². The molecule has 3 nitrogen and oxygen atoms in total. The van der Waals surface area contributed by atoms with Crippen molar-refractivity contribution in [1.29, 1.82) is 0 Å². The lowest BCUT2D eigenvalue weighted by Crippen LogP contribution is -2.09. The Morgan fingerprint density at radius 1 is 1.09 bits per heavy atom. The summed E-state index contributed by atoms with van der Waals surface area (Å²) in [4.78, 5) is 0. The van der Waals surface area contributed by atoms with Crippen molar-refractivity contribution in [3.8, 4) is 23.0 Å². The largest absolute Gasteiger partial charge is 0.505 e. The van der Waals surface area contributed by atoms with Gasteiger partial charge in [0.05, 0.1) is 6.61 Å². The maximum atomic E-state index is 14.5. The van der Waals surface area contributed by atoms with Crippen molar-refractivity contribution in [3.05, 3.63) is 46.8 Å². The minimum Gasteiger partial charge on any atom is -0.505 e. The van der Waals surface area contributed by atoms with E-state index < -0.39 is 29.0 Å². The second kappa shape index (κ2) is 6.02. The summed E-state index contributed by atoms with van der Waals surface area (Å²) < 4.78 is 52.4. The summed E-state index contributed by atoms with van der Waals surface area (Å²) in [5.41, 5.74) is 0.733. The minimum atomic E-state index is -1.41. The maximum Gasteiger partial charge on any atom is 0.207 e. The lowest BCUT2D eigenvalue weighted by molar-refractivity contribution is 0.286. The quantitative estimate of drug-likeness (QED) is 0.708. The Bertz CT molecular complexity index is 759. The third-order valence-electron chi connectivity index (χ3n) is 3.70. The van der Waals surface area contributed by atoms with Gasteiger partial charge in [-0.15, -0.1) is 0 Å². The summed E-state index contributed by atoms with van der Waals surface area (Å²) in [6.07, 6.45) is 1.81. The smallest absolute Gasteiger partial charge is 0.207 e. The van der Waals surface area contributed by atoms with Crippen LogP contribution in [-0.4, -0.2) is 11.7 Å². The van der Waals surface area contributed by atoms with Gasteiger partial charge in [-0.3, -0.25) is 0 Å². The van der Waals surface area contributed by atoms with Crippen molar-refractivity contribution in [2.24, 2.45) is 0 Å². The van der Waals surface area contributed by atoms with Gasteiger partial charge in [0, 0.05) is 17.5 Å². The average Bonchev–Trinajstić information content (AvgIpc) is 2.54. The predicted octanol–water partition coefficient (Wildman–Crippen LogP) is 4.68. The van der Waals surface area contributed by atoms with Crippen LogP contribution in [0, 0.1) is 17.5 Å². The van der Waals surface area contributed by atoms with Crippen molar-refractivity contribution >= 4 is 0 Å². The van der Waals surface area contributed by atoms with Crippen LogP contribution >= 0.6 is 0 Å². The van der Waals surface area contributed by atoms with Crippen LogP contribution in [0.25, 0.3) is 0 Å². The van der Waals surface area contributed by atoms with Crippen LogP contribution < -0.4 is 9.47 Å².